The molecule has 0 bridgehead atoms. The molecule has 0 heterocycles. The zero-order valence-electron chi connectivity index (χ0n) is 5.56. The number of rotatable bonds is 4. The van der Waals surface area contributed by atoms with Gasteiger partial charge in [0.25, 0.3) is 0 Å². The quantitative estimate of drug-likeness (QED) is 0.580. The van der Waals surface area contributed by atoms with Crippen molar-refractivity contribution >= 4 is 5.91 Å². The van der Waals surface area contributed by atoms with E-state index in [0.717, 1.165) is 0 Å². The van der Waals surface area contributed by atoms with E-state index >= 15 is 0 Å². The maximum atomic E-state index is 11.4. The fourth-order valence-corrected chi connectivity index (χ4v) is 0.429. The first-order valence-corrected chi connectivity index (χ1v) is 3.01. The molecule has 0 saturated heterocycles. The van der Waals surface area contributed by atoms with Gasteiger partial charge in [-0.2, -0.15) is 5.26 Å². The number of nitriles is 1. The van der Waals surface area contributed by atoms with Gasteiger partial charge in [-0.05, 0) is 6.42 Å². The van der Waals surface area contributed by atoms with Gasteiger partial charge in [0.2, 0.25) is 5.91 Å². The Balaban J connectivity index is 3.15. The van der Waals surface area contributed by atoms with E-state index < -0.39 is 6.67 Å². The van der Waals surface area contributed by atoms with E-state index in [1.807, 2.05) is 0 Å². The SMILES string of the molecule is N#CCC(=O)NCCCF. The Kier molecular flexibility index (Phi) is 5.35. The van der Waals surface area contributed by atoms with Crippen LogP contribution in [0.2, 0.25) is 0 Å². The van der Waals surface area contributed by atoms with Gasteiger partial charge in [-0.15, -0.1) is 0 Å². The first-order chi connectivity index (χ1) is 4.81. The van der Waals surface area contributed by atoms with Crippen molar-refractivity contribution in [1.29, 1.82) is 5.26 Å². The smallest absolute Gasteiger partial charge is 0.234 e. The molecule has 0 atom stereocenters. The lowest BCUT2D eigenvalue weighted by Crippen LogP contribution is -2.23. The van der Waals surface area contributed by atoms with Crippen molar-refractivity contribution in [2.75, 3.05) is 13.2 Å². The lowest BCUT2D eigenvalue weighted by atomic mass is 10.4. The highest BCUT2D eigenvalue weighted by atomic mass is 19.1. The number of nitrogens with zero attached hydrogens (tertiary/aromatic N) is 1. The molecule has 0 spiro atoms. The van der Waals surface area contributed by atoms with Crippen molar-refractivity contribution in [3.63, 3.8) is 0 Å². The second-order valence-electron chi connectivity index (χ2n) is 1.73. The number of alkyl halides is 1. The number of amides is 1. The summed E-state index contributed by atoms with van der Waals surface area (Å²) in [5.41, 5.74) is 0. The van der Waals surface area contributed by atoms with Crippen molar-refractivity contribution in [2.45, 2.75) is 12.8 Å². The summed E-state index contributed by atoms with van der Waals surface area (Å²) in [5.74, 6) is -0.337. The highest BCUT2D eigenvalue weighted by Gasteiger charge is 1.96. The molecule has 0 aromatic carbocycles. The molecule has 56 valence electrons. The molecule has 3 nitrogen and oxygen atoms in total. The summed E-state index contributed by atoms with van der Waals surface area (Å²) in [5, 5.41) is 10.4. The van der Waals surface area contributed by atoms with E-state index in [1.54, 1.807) is 6.07 Å². The number of carbonyl (C=O) groups excluding carboxylic acids is 1. The van der Waals surface area contributed by atoms with Gasteiger partial charge >= 0.3 is 0 Å². The minimum atomic E-state index is -0.438. The van der Waals surface area contributed by atoms with E-state index in [9.17, 15) is 9.18 Å². The Morgan fingerprint density at radius 2 is 2.40 bits per heavy atom. The predicted octanol–water partition coefficient (Wildman–Crippen LogP) is 0.376. The normalized spacial score (nSPS) is 8.40. The molecular weight excluding hydrogens is 135 g/mol. The van der Waals surface area contributed by atoms with Crippen LogP contribution in [0.25, 0.3) is 0 Å². The van der Waals surface area contributed by atoms with Crippen molar-refractivity contribution in [3.05, 3.63) is 0 Å². The van der Waals surface area contributed by atoms with Crippen molar-refractivity contribution < 1.29 is 9.18 Å². The molecule has 4 heteroatoms. The second kappa shape index (κ2) is 6.02. The topological polar surface area (TPSA) is 52.9 Å². The monoisotopic (exact) mass is 144 g/mol. The molecule has 10 heavy (non-hydrogen) atoms. The van der Waals surface area contributed by atoms with Gasteiger partial charge < -0.3 is 5.32 Å². The van der Waals surface area contributed by atoms with Gasteiger partial charge in [0.05, 0.1) is 12.7 Å². The second-order valence-corrected chi connectivity index (χ2v) is 1.73. The molecule has 1 N–H and O–H groups in total. The third-order valence-electron chi connectivity index (χ3n) is 0.872. The van der Waals surface area contributed by atoms with Gasteiger partial charge in [-0.25, -0.2) is 0 Å². The van der Waals surface area contributed by atoms with Crippen molar-refractivity contribution in [1.82, 2.24) is 5.32 Å². The molecule has 0 saturated carbocycles. The fourth-order valence-electron chi connectivity index (χ4n) is 0.429. The van der Waals surface area contributed by atoms with Crippen LogP contribution in [0.5, 0.6) is 0 Å². The molecule has 0 fully saturated rings. The molecule has 1 amide bonds. The summed E-state index contributed by atoms with van der Waals surface area (Å²) in [6.07, 6.45) is 0.170. The summed E-state index contributed by atoms with van der Waals surface area (Å²) in [4.78, 5) is 10.5. The third kappa shape index (κ3) is 5.04. The van der Waals surface area contributed by atoms with Crippen LogP contribution < -0.4 is 5.32 Å². The average Bonchev–Trinajstić information content (AvgIpc) is 1.89. The highest BCUT2D eigenvalue weighted by molar-refractivity contribution is 5.77. The van der Waals surface area contributed by atoms with Crippen LogP contribution in [0.4, 0.5) is 4.39 Å². The minimum Gasteiger partial charge on any atom is -0.355 e. The lowest BCUT2D eigenvalue weighted by Gasteiger charge is -1.97. The summed E-state index contributed by atoms with van der Waals surface area (Å²) >= 11 is 0. The van der Waals surface area contributed by atoms with E-state index in [1.165, 1.54) is 0 Å². The maximum Gasteiger partial charge on any atom is 0.234 e. The summed E-state index contributed by atoms with van der Waals surface area (Å²) in [6.45, 7) is -0.121. The van der Waals surface area contributed by atoms with Crippen LogP contribution in [0.1, 0.15) is 12.8 Å². The average molecular weight is 144 g/mol. The van der Waals surface area contributed by atoms with Crippen molar-refractivity contribution in [2.24, 2.45) is 0 Å². The summed E-state index contributed by atoms with van der Waals surface area (Å²) in [6, 6.07) is 1.69. The predicted molar refractivity (Wildman–Crippen MR) is 33.8 cm³/mol. The van der Waals surface area contributed by atoms with Gasteiger partial charge in [-0.1, -0.05) is 0 Å². The van der Waals surface area contributed by atoms with Crippen molar-refractivity contribution in [3.8, 4) is 6.07 Å². The summed E-state index contributed by atoms with van der Waals surface area (Å²) < 4.78 is 11.4. The van der Waals surface area contributed by atoms with Crippen LogP contribution in [-0.4, -0.2) is 19.1 Å². The maximum absolute atomic E-state index is 11.4. The largest absolute Gasteiger partial charge is 0.355 e. The van der Waals surface area contributed by atoms with Gasteiger partial charge in [0.1, 0.15) is 6.42 Å². The standard InChI is InChI=1S/C6H9FN2O/c7-3-1-5-9-6(10)2-4-8/h1-3,5H2,(H,9,10). The Bertz CT molecular complexity index is 141. The molecule has 0 rings (SSSR count). The molecule has 0 aromatic rings. The minimum absolute atomic E-state index is 0.147. The third-order valence-corrected chi connectivity index (χ3v) is 0.872. The molecule has 0 unspecified atom stereocenters. The van der Waals surface area contributed by atoms with E-state index in [2.05, 4.69) is 5.32 Å². The van der Waals surface area contributed by atoms with Gasteiger partial charge in [0, 0.05) is 6.54 Å². The highest BCUT2D eigenvalue weighted by Crippen LogP contribution is 1.79. The Hall–Kier alpha value is -1.11. The molecule has 0 aliphatic carbocycles. The summed E-state index contributed by atoms with van der Waals surface area (Å²) in [7, 11) is 0. The van der Waals surface area contributed by atoms with E-state index in [-0.39, 0.29) is 12.3 Å². The van der Waals surface area contributed by atoms with Crippen LogP contribution in [0, 0.1) is 11.3 Å². The van der Waals surface area contributed by atoms with E-state index in [4.69, 9.17) is 5.26 Å². The Labute approximate surface area is 58.8 Å². The molecule has 0 aliphatic rings. The Morgan fingerprint density at radius 1 is 1.70 bits per heavy atom. The van der Waals surface area contributed by atoms with E-state index in [0.29, 0.717) is 13.0 Å². The number of nitrogens with one attached hydrogen (secondary N) is 1. The first kappa shape index (κ1) is 8.89. The number of hydrogen-bond acceptors (Lipinski definition) is 2. The van der Waals surface area contributed by atoms with Crippen LogP contribution >= 0.6 is 0 Å². The van der Waals surface area contributed by atoms with Crippen LogP contribution in [0.3, 0.4) is 0 Å². The zero-order valence-corrected chi connectivity index (χ0v) is 5.56. The van der Waals surface area contributed by atoms with Gasteiger partial charge in [-0.3, -0.25) is 9.18 Å². The number of halogens is 1. The Morgan fingerprint density at radius 3 is 2.90 bits per heavy atom. The zero-order chi connectivity index (χ0) is 7.82. The van der Waals surface area contributed by atoms with Gasteiger partial charge in [0.15, 0.2) is 0 Å². The molecule has 0 aliphatic heterocycles. The van der Waals surface area contributed by atoms with Crippen LogP contribution in [0.15, 0.2) is 0 Å². The van der Waals surface area contributed by atoms with Crippen LogP contribution in [-0.2, 0) is 4.79 Å². The number of hydrogen-bond donors (Lipinski definition) is 1. The lowest BCUT2D eigenvalue weighted by molar-refractivity contribution is -0.120. The molecular formula is C6H9FN2O. The molecule has 0 aromatic heterocycles. The fraction of sp³-hybridized carbons (Fsp3) is 0.667. The molecule has 0 radical (unpaired) electrons. The number of carbonyl (C=O) groups is 1. The first-order valence-electron chi connectivity index (χ1n) is 3.01.